The van der Waals surface area contributed by atoms with Crippen molar-refractivity contribution in [1.29, 1.82) is 0 Å². The van der Waals surface area contributed by atoms with Crippen molar-refractivity contribution in [2.45, 2.75) is 6.42 Å². The minimum absolute atomic E-state index is 0.354. The van der Waals surface area contributed by atoms with Gasteiger partial charge in [0.05, 0.1) is 17.9 Å². The van der Waals surface area contributed by atoms with Crippen molar-refractivity contribution >= 4 is 21.6 Å². The lowest BCUT2D eigenvalue weighted by Gasteiger charge is -2.07. The van der Waals surface area contributed by atoms with Gasteiger partial charge in [0.15, 0.2) is 0 Å². The minimum atomic E-state index is -3.12. The van der Waals surface area contributed by atoms with Gasteiger partial charge in [-0.15, -0.1) is 0 Å². The summed E-state index contributed by atoms with van der Waals surface area (Å²) in [4.78, 5) is 0. The number of rotatable bonds is 6. The van der Waals surface area contributed by atoms with E-state index in [2.05, 4.69) is 10.8 Å². The Morgan fingerprint density at radius 3 is 2.94 bits per heavy atom. The van der Waals surface area contributed by atoms with Crippen LogP contribution in [0.4, 0.5) is 0 Å². The third kappa shape index (κ3) is 5.34. The first kappa shape index (κ1) is 13.3. The minimum Gasteiger partial charge on any atom is -0.492 e. The molecule has 1 radical (unpaired) electrons. The topological polar surface area (TPSA) is 55.4 Å². The molecule has 0 aliphatic heterocycles. The molecule has 4 nitrogen and oxygen atoms in total. The van der Waals surface area contributed by atoms with Crippen LogP contribution in [0.1, 0.15) is 6.42 Å². The molecule has 89 valence electrons. The Kier molecular flexibility index (Phi) is 5.05. The van der Waals surface area contributed by atoms with E-state index in [0.29, 0.717) is 30.3 Å². The van der Waals surface area contributed by atoms with Gasteiger partial charge < -0.3 is 4.74 Å². The Labute approximate surface area is 101 Å². The fourth-order valence-electron chi connectivity index (χ4n) is 1.02. The molecule has 0 atom stereocenters. The van der Waals surface area contributed by atoms with Gasteiger partial charge >= 0.3 is 0 Å². The van der Waals surface area contributed by atoms with Crippen molar-refractivity contribution in [3.63, 3.8) is 0 Å². The average molecular weight is 263 g/mol. The van der Waals surface area contributed by atoms with E-state index in [0.717, 1.165) is 6.26 Å². The highest BCUT2D eigenvalue weighted by Crippen LogP contribution is 2.22. The molecule has 0 saturated heterocycles. The fourth-order valence-corrected chi connectivity index (χ4v) is 1.71. The Bertz CT molecular complexity index is 433. The first-order chi connectivity index (χ1) is 7.49. The molecule has 0 spiro atoms. The number of ether oxygens (including phenoxy) is 1. The molecule has 0 fully saturated rings. The van der Waals surface area contributed by atoms with Crippen molar-refractivity contribution < 1.29 is 13.2 Å². The van der Waals surface area contributed by atoms with Gasteiger partial charge in [0, 0.05) is 6.54 Å². The van der Waals surface area contributed by atoms with Crippen LogP contribution < -0.4 is 9.46 Å². The Balaban J connectivity index is 2.24. The lowest BCUT2D eigenvalue weighted by atomic mass is 10.3. The fraction of sp³-hybridized carbons (Fsp3) is 0.400. The predicted octanol–water partition coefficient (Wildman–Crippen LogP) is 1.46. The molecule has 16 heavy (non-hydrogen) atoms. The molecule has 0 unspecified atom stereocenters. The smallest absolute Gasteiger partial charge is 0.208 e. The molecule has 1 rings (SSSR count). The van der Waals surface area contributed by atoms with Crippen molar-refractivity contribution in [3.8, 4) is 5.75 Å². The first-order valence-electron chi connectivity index (χ1n) is 4.72. The van der Waals surface area contributed by atoms with Crippen LogP contribution >= 0.6 is 11.6 Å². The van der Waals surface area contributed by atoms with Gasteiger partial charge in [-0.1, -0.05) is 17.7 Å². The highest BCUT2D eigenvalue weighted by Gasteiger charge is 2.01. The number of benzene rings is 1. The van der Waals surface area contributed by atoms with Gasteiger partial charge in [-0.25, -0.2) is 13.1 Å². The third-order valence-electron chi connectivity index (χ3n) is 1.72. The molecule has 0 amide bonds. The molecule has 0 aromatic heterocycles. The summed E-state index contributed by atoms with van der Waals surface area (Å²) in [5.41, 5.74) is 0. The zero-order valence-corrected chi connectivity index (χ0v) is 10.4. The molecule has 0 aliphatic carbocycles. The zero-order valence-electron chi connectivity index (χ0n) is 8.86. The van der Waals surface area contributed by atoms with Crippen LogP contribution in [0.15, 0.2) is 18.2 Å². The lowest BCUT2D eigenvalue weighted by Crippen LogP contribution is -2.24. The van der Waals surface area contributed by atoms with E-state index >= 15 is 0 Å². The molecule has 0 aliphatic rings. The van der Waals surface area contributed by atoms with Gasteiger partial charge in [-0.05, 0) is 24.6 Å². The Hall–Kier alpha value is -0.780. The highest BCUT2D eigenvalue weighted by molar-refractivity contribution is 7.88. The number of sulfonamides is 1. The van der Waals surface area contributed by atoms with Crippen molar-refractivity contribution in [1.82, 2.24) is 4.72 Å². The predicted molar refractivity (Wildman–Crippen MR) is 63.2 cm³/mol. The van der Waals surface area contributed by atoms with E-state index in [1.165, 1.54) is 0 Å². The molecule has 1 N–H and O–H groups in total. The average Bonchev–Trinajstić information content (AvgIpc) is 2.18. The quantitative estimate of drug-likeness (QED) is 0.790. The van der Waals surface area contributed by atoms with Crippen LogP contribution in [0.3, 0.4) is 0 Å². The molecular formula is C10H13ClNO3S. The summed E-state index contributed by atoms with van der Waals surface area (Å²) in [6.45, 7) is 0.757. The van der Waals surface area contributed by atoms with Gasteiger partial charge in [0.25, 0.3) is 0 Å². The largest absolute Gasteiger partial charge is 0.492 e. The maximum Gasteiger partial charge on any atom is 0.208 e. The van der Waals surface area contributed by atoms with Gasteiger partial charge in [-0.3, -0.25) is 0 Å². The van der Waals surface area contributed by atoms with Gasteiger partial charge in [0.1, 0.15) is 5.75 Å². The summed E-state index contributed by atoms with van der Waals surface area (Å²) in [6, 6.07) is 7.87. The number of halogens is 1. The summed E-state index contributed by atoms with van der Waals surface area (Å²) in [7, 11) is -3.12. The normalized spacial score (nSPS) is 11.4. The molecule has 1 aromatic carbocycles. The summed E-state index contributed by atoms with van der Waals surface area (Å²) in [5, 5.41) is 0.523. The van der Waals surface area contributed by atoms with E-state index in [4.69, 9.17) is 16.3 Å². The molecule has 1 aromatic rings. The van der Waals surface area contributed by atoms with Crippen LogP contribution in [0.25, 0.3) is 0 Å². The van der Waals surface area contributed by atoms with Gasteiger partial charge in [-0.2, -0.15) is 0 Å². The standard InChI is InChI=1S/C10H13ClNO3S/c1-16(13,14)12-7-4-8-15-10-6-3-2-5-9(10)11/h2,5-6,12H,4,7-8H2,1H3. The SMILES string of the molecule is CS(=O)(=O)NCCCOc1c[c]ccc1Cl. The lowest BCUT2D eigenvalue weighted by molar-refractivity contribution is 0.311. The van der Waals surface area contributed by atoms with Crippen molar-refractivity contribution in [2.24, 2.45) is 0 Å². The second kappa shape index (κ2) is 6.08. The molecule has 6 heteroatoms. The maximum atomic E-state index is 10.7. The van der Waals surface area contributed by atoms with Crippen LogP contribution in [-0.2, 0) is 10.0 Å². The molecule has 0 bridgehead atoms. The number of hydrogen-bond acceptors (Lipinski definition) is 3. The van der Waals surface area contributed by atoms with E-state index in [1.54, 1.807) is 18.2 Å². The van der Waals surface area contributed by atoms with E-state index in [-0.39, 0.29) is 0 Å². The van der Waals surface area contributed by atoms with Crippen LogP contribution in [0.5, 0.6) is 5.75 Å². The van der Waals surface area contributed by atoms with Crippen molar-refractivity contribution in [3.05, 3.63) is 29.3 Å². The summed E-state index contributed by atoms with van der Waals surface area (Å²) in [6.07, 6.45) is 1.70. The number of hydrogen-bond donors (Lipinski definition) is 1. The zero-order chi connectivity index (χ0) is 12.0. The second-order valence-electron chi connectivity index (χ2n) is 3.23. The summed E-state index contributed by atoms with van der Waals surface area (Å²) in [5.74, 6) is 0.559. The molecular weight excluding hydrogens is 250 g/mol. The van der Waals surface area contributed by atoms with E-state index in [9.17, 15) is 8.42 Å². The second-order valence-corrected chi connectivity index (χ2v) is 5.47. The van der Waals surface area contributed by atoms with Gasteiger partial charge in [0.2, 0.25) is 10.0 Å². The molecule has 0 heterocycles. The van der Waals surface area contributed by atoms with Crippen LogP contribution in [0.2, 0.25) is 5.02 Å². The Morgan fingerprint density at radius 1 is 1.56 bits per heavy atom. The maximum absolute atomic E-state index is 10.7. The van der Waals surface area contributed by atoms with Crippen molar-refractivity contribution in [2.75, 3.05) is 19.4 Å². The number of nitrogens with one attached hydrogen (secondary N) is 1. The molecule has 0 saturated carbocycles. The first-order valence-corrected chi connectivity index (χ1v) is 6.99. The monoisotopic (exact) mass is 262 g/mol. The highest BCUT2D eigenvalue weighted by atomic mass is 35.5. The van der Waals surface area contributed by atoms with Crippen LogP contribution in [0, 0.1) is 6.07 Å². The van der Waals surface area contributed by atoms with E-state index in [1.807, 2.05) is 0 Å². The summed E-state index contributed by atoms with van der Waals surface area (Å²) >= 11 is 5.85. The van der Waals surface area contributed by atoms with E-state index < -0.39 is 10.0 Å². The third-order valence-corrected chi connectivity index (χ3v) is 2.76. The Morgan fingerprint density at radius 2 is 2.31 bits per heavy atom. The van der Waals surface area contributed by atoms with Crippen LogP contribution in [-0.4, -0.2) is 27.8 Å². The summed E-state index contributed by atoms with van der Waals surface area (Å²) < 4.78 is 29.2.